The number of rotatable bonds is 6. The van der Waals surface area contributed by atoms with Crippen molar-refractivity contribution in [2.24, 2.45) is 5.92 Å². The average Bonchev–Trinajstić information content (AvgIpc) is 2.77. The fourth-order valence-electron chi connectivity index (χ4n) is 4.00. The molecule has 2 heterocycles. The Hall–Kier alpha value is -0.610. The monoisotopic (exact) mass is 309 g/mol. The summed E-state index contributed by atoms with van der Waals surface area (Å²) in [6.45, 7) is 12.5. The molecule has 0 aromatic carbocycles. The van der Waals surface area contributed by atoms with Gasteiger partial charge in [0.1, 0.15) is 0 Å². The lowest BCUT2D eigenvalue weighted by atomic mass is 9.97. The van der Waals surface area contributed by atoms with E-state index in [1.165, 1.54) is 58.2 Å². The van der Waals surface area contributed by atoms with Gasteiger partial charge in [-0.25, -0.2) is 0 Å². The molecule has 2 rings (SSSR count). The Morgan fingerprint density at radius 2 is 1.59 bits per heavy atom. The third kappa shape index (κ3) is 5.54. The summed E-state index contributed by atoms with van der Waals surface area (Å²) < 4.78 is 0. The summed E-state index contributed by atoms with van der Waals surface area (Å²) in [6.07, 6.45) is 8.15. The van der Waals surface area contributed by atoms with Crippen molar-refractivity contribution >= 4 is 5.91 Å². The molecule has 4 nitrogen and oxygen atoms in total. The first-order chi connectivity index (χ1) is 10.7. The van der Waals surface area contributed by atoms with Gasteiger partial charge in [-0.2, -0.15) is 0 Å². The summed E-state index contributed by atoms with van der Waals surface area (Å²) in [6, 6.07) is 0. The topological polar surface area (TPSA) is 26.8 Å². The van der Waals surface area contributed by atoms with Gasteiger partial charge in [-0.15, -0.1) is 0 Å². The van der Waals surface area contributed by atoms with Gasteiger partial charge < -0.3 is 9.80 Å². The molecule has 2 aliphatic heterocycles. The maximum Gasteiger partial charge on any atom is 0.236 e. The van der Waals surface area contributed by atoms with E-state index in [0.29, 0.717) is 12.5 Å². The highest BCUT2D eigenvalue weighted by molar-refractivity contribution is 5.78. The van der Waals surface area contributed by atoms with Crippen molar-refractivity contribution in [3.8, 4) is 0 Å². The van der Waals surface area contributed by atoms with E-state index in [1.807, 2.05) is 4.90 Å². The van der Waals surface area contributed by atoms with Gasteiger partial charge in [0.15, 0.2) is 0 Å². The van der Waals surface area contributed by atoms with Gasteiger partial charge in [-0.05, 0) is 65.1 Å². The fourth-order valence-corrected chi connectivity index (χ4v) is 4.00. The molecule has 0 bridgehead atoms. The Bertz CT molecular complexity index is 322. The minimum atomic E-state index is 0.306. The minimum absolute atomic E-state index is 0.306. The number of hydrogen-bond acceptors (Lipinski definition) is 3. The second-order valence-corrected chi connectivity index (χ2v) is 7.02. The Labute approximate surface area is 136 Å². The highest BCUT2D eigenvalue weighted by Crippen LogP contribution is 2.19. The van der Waals surface area contributed by atoms with E-state index in [2.05, 4.69) is 23.6 Å². The third-order valence-corrected chi connectivity index (χ3v) is 5.29. The molecule has 22 heavy (non-hydrogen) atoms. The first kappa shape index (κ1) is 17.7. The van der Waals surface area contributed by atoms with Crippen LogP contribution in [0.4, 0.5) is 0 Å². The van der Waals surface area contributed by atoms with Crippen LogP contribution in [0.2, 0.25) is 0 Å². The van der Waals surface area contributed by atoms with E-state index in [9.17, 15) is 4.79 Å². The Kier molecular flexibility index (Phi) is 7.67. The third-order valence-electron chi connectivity index (χ3n) is 5.29. The second-order valence-electron chi connectivity index (χ2n) is 7.02. The van der Waals surface area contributed by atoms with Crippen molar-refractivity contribution in [1.82, 2.24) is 14.7 Å². The number of amides is 1. The summed E-state index contributed by atoms with van der Waals surface area (Å²) in [5, 5.41) is 0. The summed E-state index contributed by atoms with van der Waals surface area (Å²) in [5.74, 6) is 1.07. The zero-order valence-electron chi connectivity index (χ0n) is 14.7. The standard InChI is InChI=1S/C18H35N3O/c1-3-21(4-2)18(22)16-20-13-9-10-17(15-20)14-19-11-7-5-6-8-12-19/h17H,3-16H2,1-2H3. The number of carbonyl (C=O) groups excluding carboxylic acids is 1. The summed E-state index contributed by atoms with van der Waals surface area (Å²) >= 11 is 0. The van der Waals surface area contributed by atoms with Gasteiger partial charge in [-0.1, -0.05) is 12.8 Å². The van der Waals surface area contributed by atoms with Crippen LogP contribution in [0.1, 0.15) is 52.4 Å². The van der Waals surface area contributed by atoms with Crippen molar-refractivity contribution in [2.45, 2.75) is 52.4 Å². The summed E-state index contributed by atoms with van der Waals surface area (Å²) in [5.41, 5.74) is 0. The molecule has 1 unspecified atom stereocenters. The van der Waals surface area contributed by atoms with Crippen LogP contribution in [-0.4, -0.2) is 73.0 Å². The van der Waals surface area contributed by atoms with Crippen molar-refractivity contribution in [1.29, 1.82) is 0 Å². The lowest BCUT2D eigenvalue weighted by Gasteiger charge is -2.36. The lowest BCUT2D eigenvalue weighted by molar-refractivity contribution is -0.132. The van der Waals surface area contributed by atoms with Gasteiger partial charge in [-0.3, -0.25) is 9.69 Å². The number of carbonyl (C=O) groups is 1. The van der Waals surface area contributed by atoms with E-state index in [1.54, 1.807) is 0 Å². The molecule has 4 heteroatoms. The van der Waals surface area contributed by atoms with Crippen LogP contribution in [0.15, 0.2) is 0 Å². The van der Waals surface area contributed by atoms with Crippen LogP contribution in [0.3, 0.4) is 0 Å². The average molecular weight is 309 g/mol. The zero-order valence-corrected chi connectivity index (χ0v) is 14.7. The molecule has 0 spiro atoms. The van der Waals surface area contributed by atoms with Gasteiger partial charge >= 0.3 is 0 Å². The molecule has 0 aliphatic carbocycles. The van der Waals surface area contributed by atoms with Crippen LogP contribution in [0.25, 0.3) is 0 Å². The van der Waals surface area contributed by atoms with Crippen molar-refractivity contribution in [2.75, 3.05) is 52.4 Å². The fraction of sp³-hybridized carbons (Fsp3) is 0.944. The highest BCUT2D eigenvalue weighted by Gasteiger charge is 2.24. The predicted octanol–water partition coefficient (Wildman–Crippen LogP) is 2.44. The van der Waals surface area contributed by atoms with Gasteiger partial charge in [0.05, 0.1) is 6.54 Å². The molecule has 128 valence electrons. The van der Waals surface area contributed by atoms with E-state index < -0.39 is 0 Å². The Balaban J connectivity index is 1.77. The van der Waals surface area contributed by atoms with Crippen molar-refractivity contribution in [3.63, 3.8) is 0 Å². The Morgan fingerprint density at radius 3 is 2.23 bits per heavy atom. The van der Waals surface area contributed by atoms with Gasteiger partial charge in [0, 0.05) is 26.2 Å². The van der Waals surface area contributed by atoms with E-state index in [0.717, 1.165) is 32.1 Å². The molecule has 0 aromatic rings. The molecule has 2 fully saturated rings. The summed E-state index contributed by atoms with van der Waals surface area (Å²) in [7, 11) is 0. The zero-order chi connectivity index (χ0) is 15.8. The minimum Gasteiger partial charge on any atom is -0.342 e. The molecule has 2 saturated heterocycles. The number of likely N-dealkylation sites (tertiary alicyclic amines) is 2. The molecule has 1 amide bonds. The van der Waals surface area contributed by atoms with E-state index >= 15 is 0 Å². The number of piperidine rings is 1. The molecular weight excluding hydrogens is 274 g/mol. The first-order valence-electron chi connectivity index (χ1n) is 9.45. The SMILES string of the molecule is CCN(CC)C(=O)CN1CCCC(CN2CCCCCC2)C1. The maximum absolute atomic E-state index is 12.3. The van der Waals surface area contributed by atoms with Gasteiger partial charge in [0.2, 0.25) is 5.91 Å². The quantitative estimate of drug-likeness (QED) is 0.754. The number of nitrogens with zero attached hydrogens (tertiary/aromatic N) is 3. The molecule has 0 aromatic heterocycles. The van der Waals surface area contributed by atoms with Crippen molar-refractivity contribution in [3.05, 3.63) is 0 Å². The van der Waals surface area contributed by atoms with Gasteiger partial charge in [0.25, 0.3) is 0 Å². The van der Waals surface area contributed by atoms with Crippen LogP contribution < -0.4 is 0 Å². The molecule has 0 radical (unpaired) electrons. The predicted molar refractivity (Wildman–Crippen MR) is 92.0 cm³/mol. The first-order valence-corrected chi connectivity index (χ1v) is 9.45. The molecule has 0 N–H and O–H groups in total. The van der Waals surface area contributed by atoms with E-state index in [-0.39, 0.29) is 0 Å². The molecule has 2 aliphatic rings. The van der Waals surface area contributed by atoms with Crippen LogP contribution in [-0.2, 0) is 4.79 Å². The normalized spacial score (nSPS) is 24.9. The second kappa shape index (κ2) is 9.51. The van der Waals surface area contributed by atoms with E-state index in [4.69, 9.17) is 0 Å². The maximum atomic E-state index is 12.3. The highest BCUT2D eigenvalue weighted by atomic mass is 16.2. The molecular formula is C18H35N3O. The molecule has 1 atom stereocenters. The van der Waals surface area contributed by atoms with Crippen LogP contribution >= 0.6 is 0 Å². The van der Waals surface area contributed by atoms with Crippen LogP contribution in [0.5, 0.6) is 0 Å². The number of hydrogen-bond donors (Lipinski definition) is 0. The lowest BCUT2D eigenvalue weighted by Crippen LogP contribution is -2.46. The van der Waals surface area contributed by atoms with Crippen LogP contribution in [0, 0.1) is 5.92 Å². The molecule has 0 saturated carbocycles. The smallest absolute Gasteiger partial charge is 0.236 e. The largest absolute Gasteiger partial charge is 0.342 e. The van der Waals surface area contributed by atoms with Crippen molar-refractivity contribution < 1.29 is 4.79 Å². The Morgan fingerprint density at radius 1 is 0.955 bits per heavy atom. The number of likely N-dealkylation sites (N-methyl/N-ethyl adjacent to an activating group) is 1. The summed E-state index contributed by atoms with van der Waals surface area (Å²) in [4.78, 5) is 19.3.